The Morgan fingerprint density at radius 1 is 0.706 bits per heavy atom. The van der Waals surface area contributed by atoms with Crippen molar-refractivity contribution >= 4 is 32.2 Å². The van der Waals surface area contributed by atoms with E-state index >= 15 is 0 Å². The summed E-state index contributed by atoms with van der Waals surface area (Å²) in [7, 11) is 0. The predicted octanol–water partition coefficient (Wildman–Crippen LogP) is 3.31. The van der Waals surface area contributed by atoms with Crippen molar-refractivity contribution in [1.29, 1.82) is 0 Å². The molecule has 0 aliphatic heterocycles. The average molecular weight is 276 g/mol. The highest BCUT2D eigenvalue weighted by molar-refractivity contribution is 7.76. The van der Waals surface area contributed by atoms with Crippen LogP contribution in [0.25, 0.3) is 0 Å². The molecule has 4 heteroatoms. The van der Waals surface area contributed by atoms with E-state index in [2.05, 4.69) is 13.8 Å². The Kier molecular flexibility index (Phi) is 12.1. The second kappa shape index (κ2) is 12.2. The summed E-state index contributed by atoms with van der Waals surface area (Å²) in [5.41, 5.74) is 0. The number of unbranched alkanes of at least 4 members (excludes halogenated alkanes) is 5. The lowest BCUT2D eigenvalue weighted by molar-refractivity contribution is 0.683. The van der Waals surface area contributed by atoms with Crippen molar-refractivity contribution in [2.24, 2.45) is 0 Å². The van der Waals surface area contributed by atoms with Crippen LogP contribution >= 0.6 is 0 Å². The Morgan fingerprint density at radius 3 is 1.53 bits per heavy atom. The van der Waals surface area contributed by atoms with Gasteiger partial charge in [-0.15, -0.1) is 0 Å². The van der Waals surface area contributed by atoms with Gasteiger partial charge in [0, 0.05) is 0 Å². The molecule has 100 valence electrons. The van der Waals surface area contributed by atoms with Crippen LogP contribution in [0.3, 0.4) is 0 Å². The van der Waals surface area contributed by atoms with Gasteiger partial charge in [0.25, 0.3) is 0 Å². The minimum absolute atomic E-state index is 0.526. The number of hydrogen-bond donors (Lipinski definition) is 0. The van der Waals surface area contributed by atoms with Gasteiger partial charge in [0.05, 0.1) is 32.2 Å². The van der Waals surface area contributed by atoms with E-state index in [1.54, 1.807) is 0 Å². The third-order valence-electron chi connectivity index (χ3n) is 2.78. The van der Waals surface area contributed by atoms with Crippen molar-refractivity contribution in [2.75, 3.05) is 0 Å². The summed E-state index contributed by atoms with van der Waals surface area (Å²) in [4.78, 5) is 1.58. The van der Waals surface area contributed by atoms with Crippen LogP contribution in [0.15, 0.2) is 0 Å². The van der Waals surface area contributed by atoms with Crippen LogP contribution < -0.4 is 0 Å². The minimum atomic E-state index is 0.526. The maximum Gasteiger partial charge on any atom is 0.0933 e. The minimum Gasteiger partial charge on any atom is -0.212 e. The molecule has 0 bridgehead atoms. The molecule has 0 spiro atoms. The van der Waals surface area contributed by atoms with Gasteiger partial charge >= 0.3 is 0 Å². The molecule has 0 aliphatic carbocycles. The molecular formula is C13H24O2S2. The number of hydrogen-bond acceptors (Lipinski definition) is 2. The van der Waals surface area contributed by atoms with E-state index in [9.17, 15) is 8.42 Å². The maximum absolute atomic E-state index is 11.0. The van der Waals surface area contributed by atoms with E-state index in [0.29, 0.717) is 22.5 Å². The van der Waals surface area contributed by atoms with Crippen LogP contribution in [0.2, 0.25) is 0 Å². The van der Waals surface area contributed by atoms with E-state index in [1.807, 2.05) is 0 Å². The fraction of sp³-hybridized carbons (Fsp3) is 0.846. The normalized spacial score (nSPS) is 10.0. The summed E-state index contributed by atoms with van der Waals surface area (Å²) in [5, 5.41) is 0. The van der Waals surface area contributed by atoms with Crippen LogP contribution in [0.1, 0.15) is 71.6 Å². The third kappa shape index (κ3) is 8.50. The van der Waals surface area contributed by atoms with E-state index in [1.165, 1.54) is 12.8 Å². The largest absolute Gasteiger partial charge is 0.212 e. The molecule has 0 rings (SSSR count). The second-order valence-corrected chi connectivity index (χ2v) is 5.60. The van der Waals surface area contributed by atoms with Gasteiger partial charge in [0.15, 0.2) is 0 Å². The summed E-state index contributed by atoms with van der Waals surface area (Å²) in [6.07, 6.45) is 9.51. The van der Waals surface area contributed by atoms with Gasteiger partial charge in [-0.25, -0.2) is 8.42 Å². The smallest absolute Gasteiger partial charge is 0.0933 e. The molecule has 0 unspecified atom stereocenters. The fourth-order valence-corrected chi connectivity index (χ4v) is 2.75. The van der Waals surface area contributed by atoms with Crippen LogP contribution in [-0.2, 0) is 22.5 Å². The molecule has 0 aromatic rings. The zero-order valence-corrected chi connectivity index (χ0v) is 12.6. The zero-order chi connectivity index (χ0) is 12.9. The van der Waals surface area contributed by atoms with Crippen molar-refractivity contribution in [3.05, 3.63) is 0 Å². The Labute approximate surface area is 112 Å². The molecule has 0 aromatic heterocycles. The van der Waals surface area contributed by atoms with Crippen molar-refractivity contribution < 1.29 is 8.42 Å². The lowest BCUT2D eigenvalue weighted by Crippen LogP contribution is -2.14. The molecule has 0 aliphatic rings. The van der Waals surface area contributed by atoms with Crippen molar-refractivity contribution in [1.82, 2.24) is 0 Å². The summed E-state index contributed by atoms with van der Waals surface area (Å²) in [6.45, 7) is 4.31. The topological polar surface area (TPSA) is 34.1 Å². The highest BCUT2D eigenvalue weighted by Gasteiger charge is 2.08. The van der Waals surface area contributed by atoms with Crippen LogP contribution in [0.5, 0.6) is 0 Å². The van der Waals surface area contributed by atoms with Crippen LogP contribution in [0, 0.1) is 0 Å². The highest BCUT2D eigenvalue weighted by atomic mass is 32.1. The second-order valence-electron chi connectivity index (χ2n) is 4.28. The Bertz CT molecular complexity index is 301. The molecule has 0 saturated heterocycles. The molecule has 0 fully saturated rings. The Balaban J connectivity index is 4.13. The molecule has 0 heterocycles. The van der Waals surface area contributed by atoms with Gasteiger partial charge in [0.1, 0.15) is 0 Å². The Hall–Kier alpha value is -0.220. The van der Waals surface area contributed by atoms with E-state index < -0.39 is 0 Å². The number of rotatable bonds is 10. The molecule has 0 amide bonds. The summed E-state index contributed by atoms with van der Waals surface area (Å²) >= 11 is 1.05. The standard InChI is InChI=1S/C13H24O2S2/c1-3-5-7-9-11-13(17-15)12(16-14)10-8-6-4-2/h3-11H2,1-2H3. The summed E-state index contributed by atoms with van der Waals surface area (Å²) < 4.78 is 22.1. The molecule has 0 radical (unpaired) electrons. The first-order valence-corrected chi connectivity index (χ1v) is 8.10. The first-order chi connectivity index (χ1) is 8.29. The first kappa shape index (κ1) is 16.8. The van der Waals surface area contributed by atoms with Crippen LogP contribution in [-0.4, -0.2) is 18.1 Å². The monoisotopic (exact) mass is 276 g/mol. The molecule has 2 nitrogen and oxygen atoms in total. The summed E-state index contributed by atoms with van der Waals surface area (Å²) in [6, 6.07) is 0. The SMILES string of the molecule is CCCCCCC(=S=O)C(CCCCC)=S=O. The lowest BCUT2D eigenvalue weighted by Gasteiger charge is -2.04. The fourth-order valence-electron chi connectivity index (χ4n) is 1.70. The molecule has 0 N–H and O–H groups in total. The van der Waals surface area contributed by atoms with Crippen molar-refractivity contribution in [2.45, 2.75) is 71.6 Å². The van der Waals surface area contributed by atoms with Gasteiger partial charge in [-0.2, -0.15) is 0 Å². The lowest BCUT2D eigenvalue weighted by atomic mass is 10.1. The summed E-state index contributed by atoms with van der Waals surface area (Å²) in [5.74, 6) is 0. The van der Waals surface area contributed by atoms with Crippen LogP contribution in [0.4, 0.5) is 0 Å². The van der Waals surface area contributed by atoms with Gasteiger partial charge in [0.2, 0.25) is 0 Å². The quantitative estimate of drug-likeness (QED) is 0.453. The highest BCUT2D eigenvalue weighted by Crippen LogP contribution is 2.07. The van der Waals surface area contributed by atoms with E-state index in [4.69, 9.17) is 0 Å². The molecular weight excluding hydrogens is 252 g/mol. The van der Waals surface area contributed by atoms with Crippen molar-refractivity contribution in [3.8, 4) is 0 Å². The zero-order valence-electron chi connectivity index (χ0n) is 11.0. The molecule has 0 saturated carbocycles. The first-order valence-electron chi connectivity index (χ1n) is 6.61. The molecule has 0 atom stereocenters. The van der Waals surface area contributed by atoms with Gasteiger partial charge in [-0.3, -0.25) is 0 Å². The van der Waals surface area contributed by atoms with Crippen molar-refractivity contribution in [3.63, 3.8) is 0 Å². The van der Waals surface area contributed by atoms with Gasteiger partial charge < -0.3 is 0 Å². The average Bonchev–Trinajstić information content (AvgIpc) is 2.36. The van der Waals surface area contributed by atoms with E-state index in [-0.39, 0.29) is 0 Å². The van der Waals surface area contributed by atoms with Gasteiger partial charge in [-0.05, 0) is 25.7 Å². The van der Waals surface area contributed by atoms with E-state index in [0.717, 1.165) is 54.7 Å². The Morgan fingerprint density at radius 2 is 1.12 bits per heavy atom. The third-order valence-corrected chi connectivity index (χ3v) is 4.21. The maximum atomic E-state index is 11.0. The van der Waals surface area contributed by atoms with Gasteiger partial charge in [-0.1, -0.05) is 46.0 Å². The predicted molar refractivity (Wildman–Crippen MR) is 79.2 cm³/mol. The molecule has 0 aromatic carbocycles. The molecule has 17 heavy (non-hydrogen) atoms.